The molecule has 3 aromatic rings. The summed E-state index contributed by atoms with van der Waals surface area (Å²) in [6.07, 6.45) is 0. The summed E-state index contributed by atoms with van der Waals surface area (Å²) >= 11 is 7.70. The van der Waals surface area contributed by atoms with Gasteiger partial charge in [-0.05, 0) is 37.6 Å². The molecule has 0 fully saturated rings. The molecule has 8 heteroatoms. The van der Waals surface area contributed by atoms with Crippen LogP contribution in [-0.4, -0.2) is 30.1 Å². The molecule has 156 valence electrons. The van der Waals surface area contributed by atoms with Crippen LogP contribution in [0.15, 0.2) is 47.6 Å². The summed E-state index contributed by atoms with van der Waals surface area (Å²) in [7, 11) is 3.04. The Balaban J connectivity index is 1.81. The fraction of sp³-hybridized carbons (Fsp3) is 0.227. The van der Waals surface area contributed by atoms with Crippen LogP contribution in [0.1, 0.15) is 27.3 Å². The number of nitrogens with one attached hydrogen (secondary N) is 1. The summed E-state index contributed by atoms with van der Waals surface area (Å²) in [6, 6.07) is 12.6. The van der Waals surface area contributed by atoms with Gasteiger partial charge < -0.3 is 14.8 Å². The quantitative estimate of drug-likeness (QED) is 0.394. The zero-order valence-corrected chi connectivity index (χ0v) is 18.7. The maximum atomic E-state index is 13.0. The second-order valence-corrected chi connectivity index (χ2v) is 7.87. The molecule has 0 aliphatic carbocycles. The highest BCUT2D eigenvalue weighted by Gasteiger charge is 2.16. The lowest BCUT2D eigenvalue weighted by Crippen LogP contribution is -2.15. The first kappa shape index (κ1) is 21.9. The van der Waals surface area contributed by atoms with Gasteiger partial charge in [0.15, 0.2) is 5.16 Å². The molecule has 30 heavy (non-hydrogen) atoms. The number of ether oxygens (including phenoxy) is 2. The second kappa shape index (κ2) is 9.82. The van der Waals surface area contributed by atoms with Crippen LogP contribution < -0.4 is 14.8 Å². The summed E-state index contributed by atoms with van der Waals surface area (Å²) in [4.78, 5) is 21.9. The van der Waals surface area contributed by atoms with E-state index < -0.39 is 0 Å². The van der Waals surface area contributed by atoms with E-state index >= 15 is 0 Å². The van der Waals surface area contributed by atoms with E-state index in [1.54, 1.807) is 18.2 Å². The molecule has 0 unspecified atom stereocenters. The topological polar surface area (TPSA) is 73.3 Å². The number of carbonyl (C=O) groups excluding carboxylic acids is 1. The van der Waals surface area contributed by atoms with E-state index in [1.807, 2.05) is 38.1 Å². The number of aromatic nitrogens is 2. The smallest absolute Gasteiger partial charge is 0.256 e. The van der Waals surface area contributed by atoms with Crippen LogP contribution in [-0.2, 0) is 5.75 Å². The summed E-state index contributed by atoms with van der Waals surface area (Å²) in [5.74, 6) is 1.23. The number of halogens is 1. The lowest BCUT2D eigenvalue weighted by molar-refractivity contribution is 0.102. The van der Waals surface area contributed by atoms with Crippen LogP contribution in [0.4, 0.5) is 5.69 Å². The van der Waals surface area contributed by atoms with E-state index in [0.717, 1.165) is 17.0 Å². The van der Waals surface area contributed by atoms with E-state index in [2.05, 4.69) is 15.3 Å². The maximum absolute atomic E-state index is 13.0. The number of anilines is 1. The predicted molar refractivity (Wildman–Crippen MR) is 120 cm³/mol. The highest BCUT2D eigenvalue weighted by molar-refractivity contribution is 7.98. The third-order valence-corrected chi connectivity index (χ3v) is 5.49. The summed E-state index contributed by atoms with van der Waals surface area (Å²) < 4.78 is 10.6. The first-order valence-electron chi connectivity index (χ1n) is 9.17. The molecule has 0 aliphatic rings. The number of methoxy groups -OCH3 is 2. The van der Waals surface area contributed by atoms with Crippen molar-refractivity contribution in [3.8, 4) is 11.5 Å². The second-order valence-electron chi connectivity index (χ2n) is 6.52. The molecule has 1 aromatic heterocycles. The van der Waals surface area contributed by atoms with Gasteiger partial charge >= 0.3 is 0 Å². The van der Waals surface area contributed by atoms with Crippen molar-refractivity contribution in [3.05, 3.63) is 70.0 Å². The van der Waals surface area contributed by atoms with Gasteiger partial charge in [-0.25, -0.2) is 9.97 Å². The van der Waals surface area contributed by atoms with Gasteiger partial charge in [-0.15, -0.1) is 0 Å². The SMILES string of the molecule is COc1cc(OC)c(NC(=O)c2ccccc2CSc2nc(C)cc(C)n2)cc1Cl. The van der Waals surface area contributed by atoms with Crippen molar-refractivity contribution >= 4 is 35.0 Å². The van der Waals surface area contributed by atoms with Crippen molar-refractivity contribution < 1.29 is 14.3 Å². The number of benzene rings is 2. The molecule has 0 saturated carbocycles. The molecule has 3 rings (SSSR count). The third kappa shape index (κ3) is 5.23. The number of amides is 1. The van der Waals surface area contributed by atoms with Gasteiger partial charge in [0.2, 0.25) is 0 Å². The molecular weight excluding hydrogens is 422 g/mol. The number of nitrogens with zero attached hydrogens (tertiary/aromatic N) is 2. The molecule has 6 nitrogen and oxygen atoms in total. The van der Waals surface area contributed by atoms with Crippen molar-refractivity contribution in [2.45, 2.75) is 24.8 Å². The number of carbonyl (C=O) groups is 1. The molecule has 1 heterocycles. The average Bonchev–Trinajstić information content (AvgIpc) is 2.72. The van der Waals surface area contributed by atoms with E-state index in [1.165, 1.54) is 26.0 Å². The third-order valence-electron chi connectivity index (χ3n) is 4.30. The Labute approximate surface area is 185 Å². The average molecular weight is 444 g/mol. The first-order valence-corrected chi connectivity index (χ1v) is 10.5. The van der Waals surface area contributed by atoms with Crippen molar-refractivity contribution in [3.63, 3.8) is 0 Å². The van der Waals surface area contributed by atoms with Gasteiger partial charge in [-0.3, -0.25) is 4.79 Å². The van der Waals surface area contributed by atoms with Crippen LogP contribution in [0.5, 0.6) is 11.5 Å². The zero-order chi connectivity index (χ0) is 21.7. The van der Waals surface area contributed by atoms with Crippen LogP contribution in [0.3, 0.4) is 0 Å². The molecule has 0 saturated heterocycles. The van der Waals surface area contributed by atoms with E-state index in [0.29, 0.717) is 38.7 Å². The van der Waals surface area contributed by atoms with Crippen molar-refractivity contribution in [2.24, 2.45) is 0 Å². The molecule has 0 bridgehead atoms. The summed E-state index contributed by atoms with van der Waals surface area (Å²) in [5.41, 5.74) is 3.73. The van der Waals surface area contributed by atoms with Crippen molar-refractivity contribution in [2.75, 3.05) is 19.5 Å². The van der Waals surface area contributed by atoms with Gasteiger partial charge in [0, 0.05) is 28.8 Å². The van der Waals surface area contributed by atoms with Crippen LogP contribution in [0, 0.1) is 13.8 Å². The molecule has 1 amide bonds. The van der Waals surface area contributed by atoms with Gasteiger partial charge in [0.25, 0.3) is 5.91 Å². The monoisotopic (exact) mass is 443 g/mol. The molecule has 0 spiro atoms. The molecule has 1 N–H and O–H groups in total. The lowest BCUT2D eigenvalue weighted by atomic mass is 10.1. The number of thioether (sulfide) groups is 1. The Morgan fingerprint density at radius 3 is 2.37 bits per heavy atom. The Morgan fingerprint density at radius 2 is 1.70 bits per heavy atom. The molecule has 0 aliphatic heterocycles. The minimum Gasteiger partial charge on any atom is -0.495 e. The first-order chi connectivity index (χ1) is 14.4. The largest absolute Gasteiger partial charge is 0.495 e. The van der Waals surface area contributed by atoms with Crippen LogP contribution >= 0.6 is 23.4 Å². The standard InChI is InChI=1S/C22H22ClN3O3S/c1-13-9-14(2)25-22(24-13)30-12-15-7-5-6-8-16(15)21(27)26-18-10-17(23)19(28-3)11-20(18)29-4/h5-11H,12H2,1-4H3,(H,26,27). The summed E-state index contributed by atoms with van der Waals surface area (Å²) in [6.45, 7) is 3.88. The lowest BCUT2D eigenvalue weighted by Gasteiger charge is -2.14. The highest BCUT2D eigenvalue weighted by atomic mass is 35.5. The van der Waals surface area contributed by atoms with Crippen LogP contribution in [0.25, 0.3) is 0 Å². The minimum absolute atomic E-state index is 0.257. The fourth-order valence-corrected chi connectivity index (χ4v) is 4.11. The summed E-state index contributed by atoms with van der Waals surface area (Å²) in [5, 5.41) is 3.95. The number of rotatable bonds is 7. The molecule has 0 atom stereocenters. The maximum Gasteiger partial charge on any atom is 0.256 e. The Bertz CT molecular complexity index is 1060. The Morgan fingerprint density at radius 1 is 1.03 bits per heavy atom. The van der Waals surface area contributed by atoms with E-state index in [-0.39, 0.29) is 5.91 Å². The molecular formula is C22H22ClN3O3S. The fourth-order valence-electron chi connectivity index (χ4n) is 2.92. The van der Waals surface area contributed by atoms with Crippen molar-refractivity contribution in [1.29, 1.82) is 0 Å². The highest BCUT2D eigenvalue weighted by Crippen LogP contribution is 2.36. The number of hydrogen-bond acceptors (Lipinski definition) is 6. The van der Waals surface area contributed by atoms with Crippen molar-refractivity contribution in [1.82, 2.24) is 9.97 Å². The normalized spacial score (nSPS) is 10.6. The van der Waals surface area contributed by atoms with Gasteiger partial charge in [0.05, 0.1) is 24.9 Å². The van der Waals surface area contributed by atoms with Gasteiger partial charge in [-0.1, -0.05) is 41.6 Å². The van der Waals surface area contributed by atoms with Gasteiger partial charge in [-0.2, -0.15) is 0 Å². The Hall–Kier alpha value is -2.77. The number of aryl methyl sites for hydroxylation is 2. The van der Waals surface area contributed by atoms with Gasteiger partial charge in [0.1, 0.15) is 11.5 Å². The number of hydrogen-bond donors (Lipinski definition) is 1. The van der Waals surface area contributed by atoms with E-state index in [4.69, 9.17) is 21.1 Å². The molecule has 2 aromatic carbocycles. The minimum atomic E-state index is -0.257. The van der Waals surface area contributed by atoms with Crippen LogP contribution in [0.2, 0.25) is 5.02 Å². The Kier molecular flexibility index (Phi) is 7.18. The molecule has 0 radical (unpaired) electrons. The zero-order valence-electron chi connectivity index (χ0n) is 17.2. The predicted octanol–water partition coefficient (Wildman–Crippen LogP) is 5.31. The van der Waals surface area contributed by atoms with E-state index in [9.17, 15) is 4.79 Å².